The number of nitrogens with zero attached hydrogens (tertiary/aromatic N) is 4. The molecule has 33 heavy (non-hydrogen) atoms. The summed E-state index contributed by atoms with van der Waals surface area (Å²) in [6.45, 7) is 1.25. The molecule has 174 valence electrons. The summed E-state index contributed by atoms with van der Waals surface area (Å²) < 4.78 is 21.5. The minimum atomic E-state index is -1.43. The number of hydrogen-bond donors (Lipinski definition) is 2. The Labute approximate surface area is 191 Å². The lowest BCUT2D eigenvalue weighted by atomic mass is 9.83. The number of ether oxygens (including phenoxy) is 1. The van der Waals surface area contributed by atoms with Crippen LogP contribution >= 0.6 is 0 Å². The zero-order chi connectivity index (χ0) is 23.6. The normalized spacial score (nSPS) is 23.0. The summed E-state index contributed by atoms with van der Waals surface area (Å²) in [5.41, 5.74) is 6.53. The van der Waals surface area contributed by atoms with E-state index in [4.69, 9.17) is 5.73 Å². The molecule has 2 atom stereocenters. The lowest BCUT2D eigenvalue weighted by Crippen LogP contribution is -2.54. The van der Waals surface area contributed by atoms with Crippen LogP contribution in [0.2, 0.25) is 0 Å². The molecule has 4 rings (SSSR count). The van der Waals surface area contributed by atoms with Crippen LogP contribution in [-0.2, 0) is 16.8 Å². The van der Waals surface area contributed by atoms with Gasteiger partial charge in [0.15, 0.2) is 5.82 Å². The maximum absolute atomic E-state index is 15.7. The van der Waals surface area contributed by atoms with Crippen molar-refractivity contribution in [1.82, 2.24) is 14.7 Å². The number of anilines is 1. The topological polar surface area (TPSA) is 126 Å². The highest BCUT2D eigenvalue weighted by Gasteiger charge is 2.46. The van der Waals surface area contributed by atoms with E-state index >= 15 is 4.39 Å². The molecule has 0 spiro atoms. The molecular formula is C23H27FN6O3. The van der Waals surface area contributed by atoms with Crippen molar-refractivity contribution in [3.05, 3.63) is 47.2 Å². The molecule has 0 bridgehead atoms. The number of alkyl halides is 1. The van der Waals surface area contributed by atoms with Crippen molar-refractivity contribution in [3.63, 3.8) is 0 Å². The van der Waals surface area contributed by atoms with Gasteiger partial charge in [0, 0.05) is 25.8 Å². The number of carbonyl (C=O) groups excluding carboxylic acids is 2. The van der Waals surface area contributed by atoms with Gasteiger partial charge in [-0.05, 0) is 36.3 Å². The highest BCUT2D eigenvalue weighted by molar-refractivity contribution is 6.00. The van der Waals surface area contributed by atoms with Gasteiger partial charge >= 0.3 is 6.09 Å². The van der Waals surface area contributed by atoms with Crippen LogP contribution in [0.4, 0.5) is 15.0 Å². The number of amides is 2. The van der Waals surface area contributed by atoms with Gasteiger partial charge in [0.1, 0.15) is 17.3 Å². The second-order valence-electron chi connectivity index (χ2n) is 8.72. The van der Waals surface area contributed by atoms with E-state index in [0.717, 1.165) is 5.56 Å². The minimum Gasteiger partial charge on any atom is -0.453 e. The molecule has 2 aliphatic rings. The SMILES string of the molecule is COC(=O)Nc1nn(C2(CC#N)CCN(Cc3ccc(C4CC4)cc3)CC2F)cc1C(N)=O. The van der Waals surface area contributed by atoms with E-state index in [1.165, 1.54) is 36.4 Å². The summed E-state index contributed by atoms with van der Waals surface area (Å²) in [6.07, 6.45) is 1.69. The summed E-state index contributed by atoms with van der Waals surface area (Å²) in [6, 6.07) is 10.5. The number of aromatic nitrogens is 2. The fourth-order valence-electron chi connectivity index (χ4n) is 4.41. The molecule has 1 aliphatic heterocycles. The summed E-state index contributed by atoms with van der Waals surface area (Å²) in [4.78, 5) is 25.5. The third-order valence-corrected chi connectivity index (χ3v) is 6.52. The summed E-state index contributed by atoms with van der Waals surface area (Å²) in [7, 11) is 1.17. The summed E-state index contributed by atoms with van der Waals surface area (Å²) in [5, 5.41) is 16.0. The van der Waals surface area contributed by atoms with E-state index in [-0.39, 0.29) is 24.3 Å². The van der Waals surface area contributed by atoms with E-state index in [2.05, 4.69) is 45.5 Å². The third-order valence-electron chi connectivity index (χ3n) is 6.52. The van der Waals surface area contributed by atoms with Gasteiger partial charge in [-0.25, -0.2) is 9.18 Å². The Bertz CT molecular complexity index is 1070. The standard InChI is InChI=1S/C23H27FN6O3/c1-33-22(32)27-21-18(20(26)31)13-30(28-21)23(8-10-25)9-11-29(14-19(23)24)12-15-2-4-16(5-3-15)17-6-7-17/h2-5,13,17,19H,6-9,11-12,14H2,1H3,(H2,26,31)(H,27,28,32). The predicted octanol–water partition coefficient (Wildman–Crippen LogP) is 2.89. The van der Waals surface area contributed by atoms with Gasteiger partial charge in [-0.15, -0.1) is 0 Å². The van der Waals surface area contributed by atoms with E-state index in [1.54, 1.807) is 0 Å². The first kappa shape index (κ1) is 22.7. The number of primary amides is 1. The number of piperidine rings is 1. The minimum absolute atomic E-state index is 0.0805. The lowest BCUT2D eigenvalue weighted by molar-refractivity contribution is 0.00694. The Morgan fingerprint density at radius 2 is 2.09 bits per heavy atom. The number of methoxy groups -OCH3 is 1. The van der Waals surface area contributed by atoms with Gasteiger partial charge in [-0.3, -0.25) is 19.7 Å². The van der Waals surface area contributed by atoms with Crippen LogP contribution < -0.4 is 11.1 Å². The lowest BCUT2D eigenvalue weighted by Gasteiger charge is -2.43. The number of likely N-dealkylation sites (tertiary alicyclic amines) is 1. The van der Waals surface area contributed by atoms with Crippen LogP contribution in [0.1, 0.15) is 53.1 Å². The van der Waals surface area contributed by atoms with E-state index in [1.807, 2.05) is 4.90 Å². The fourth-order valence-corrected chi connectivity index (χ4v) is 4.41. The Hall–Kier alpha value is -3.45. The Morgan fingerprint density at radius 3 is 2.67 bits per heavy atom. The molecule has 2 heterocycles. The molecule has 3 N–H and O–H groups in total. The largest absolute Gasteiger partial charge is 0.453 e. The first-order valence-corrected chi connectivity index (χ1v) is 10.9. The maximum Gasteiger partial charge on any atom is 0.412 e. The molecule has 1 aromatic carbocycles. The molecule has 1 saturated heterocycles. The molecular weight excluding hydrogens is 427 g/mol. The summed E-state index contributed by atoms with van der Waals surface area (Å²) >= 11 is 0. The van der Waals surface area contributed by atoms with Gasteiger partial charge < -0.3 is 10.5 Å². The monoisotopic (exact) mass is 454 g/mol. The number of nitrogens with one attached hydrogen (secondary N) is 1. The fraction of sp³-hybridized carbons (Fsp3) is 0.478. The van der Waals surface area contributed by atoms with Gasteiger partial charge in [0.05, 0.1) is 19.6 Å². The van der Waals surface area contributed by atoms with Gasteiger partial charge in [0.2, 0.25) is 0 Å². The molecule has 2 amide bonds. The molecule has 1 aromatic heterocycles. The average molecular weight is 455 g/mol. The number of benzene rings is 1. The molecule has 2 aromatic rings. The first-order valence-electron chi connectivity index (χ1n) is 10.9. The van der Waals surface area contributed by atoms with Crippen LogP contribution in [0.3, 0.4) is 0 Å². The second kappa shape index (κ2) is 9.19. The summed E-state index contributed by atoms with van der Waals surface area (Å²) in [5.74, 6) is -0.270. The smallest absolute Gasteiger partial charge is 0.412 e. The molecule has 1 saturated carbocycles. The Morgan fingerprint density at radius 1 is 1.36 bits per heavy atom. The van der Waals surface area contributed by atoms with Crippen LogP contribution in [0.5, 0.6) is 0 Å². The van der Waals surface area contributed by atoms with Gasteiger partial charge in [-0.2, -0.15) is 10.4 Å². The van der Waals surface area contributed by atoms with E-state index in [9.17, 15) is 14.9 Å². The molecule has 1 aliphatic carbocycles. The van der Waals surface area contributed by atoms with Crippen molar-refractivity contribution in [3.8, 4) is 6.07 Å². The quantitative estimate of drug-likeness (QED) is 0.662. The Balaban J connectivity index is 1.53. The number of hydrogen-bond acceptors (Lipinski definition) is 6. The molecule has 0 radical (unpaired) electrons. The molecule has 10 heteroatoms. The average Bonchev–Trinajstić information content (AvgIpc) is 3.56. The molecule has 9 nitrogen and oxygen atoms in total. The van der Waals surface area contributed by atoms with Crippen LogP contribution in [0.15, 0.2) is 30.5 Å². The van der Waals surface area contributed by atoms with Crippen molar-refractivity contribution < 1.29 is 18.7 Å². The van der Waals surface area contributed by atoms with E-state index < -0.39 is 23.7 Å². The number of halogens is 1. The zero-order valence-corrected chi connectivity index (χ0v) is 18.5. The van der Waals surface area contributed by atoms with Crippen molar-refractivity contribution in [1.29, 1.82) is 5.26 Å². The number of nitriles is 1. The molecule has 2 unspecified atom stereocenters. The highest BCUT2D eigenvalue weighted by atomic mass is 19.1. The predicted molar refractivity (Wildman–Crippen MR) is 118 cm³/mol. The van der Waals surface area contributed by atoms with Crippen molar-refractivity contribution in [2.75, 3.05) is 25.5 Å². The highest BCUT2D eigenvalue weighted by Crippen LogP contribution is 2.40. The number of rotatable bonds is 7. The van der Waals surface area contributed by atoms with Crippen molar-refractivity contribution in [2.45, 2.75) is 49.9 Å². The first-order chi connectivity index (χ1) is 15.9. The van der Waals surface area contributed by atoms with Crippen LogP contribution in [0.25, 0.3) is 0 Å². The Kier molecular flexibility index (Phi) is 6.33. The zero-order valence-electron chi connectivity index (χ0n) is 18.5. The van der Waals surface area contributed by atoms with Crippen molar-refractivity contribution in [2.24, 2.45) is 5.73 Å². The number of carbonyl (C=O) groups is 2. The third kappa shape index (κ3) is 4.68. The van der Waals surface area contributed by atoms with Crippen LogP contribution in [-0.4, -0.2) is 53.1 Å². The molecule has 2 fully saturated rings. The van der Waals surface area contributed by atoms with Gasteiger partial charge in [0.25, 0.3) is 5.91 Å². The van der Waals surface area contributed by atoms with Gasteiger partial charge in [-0.1, -0.05) is 24.3 Å². The van der Waals surface area contributed by atoms with Crippen LogP contribution in [0, 0.1) is 11.3 Å². The number of nitrogens with two attached hydrogens (primary N) is 1. The van der Waals surface area contributed by atoms with Crippen molar-refractivity contribution >= 4 is 17.8 Å². The second-order valence-corrected chi connectivity index (χ2v) is 8.72. The maximum atomic E-state index is 15.7. The van der Waals surface area contributed by atoms with E-state index in [0.29, 0.717) is 25.4 Å².